The van der Waals surface area contributed by atoms with Gasteiger partial charge in [0.15, 0.2) is 12.0 Å². The second-order valence-electron chi connectivity index (χ2n) is 2.69. The summed E-state index contributed by atoms with van der Waals surface area (Å²) in [6.45, 7) is 0. The van der Waals surface area contributed by atoms with Gasteiger partial charge in [-0.1, -0.05) is 11.8 Å². The van der Waals surface area contributed by atoms with Crippen LogP contribution >= 0.6 is 11.8 Å². The van der Waals surface area contributed by atoms with Crippen LogP contribution in [0.15, 0.2) is 17.2 Å². The number of rotatable bonds is 1. The third-order valence-electron chi connectivity index (χ3n) is 1.75. The van der Waals surface area contributed by atoms with Crippen molar-refractivity contribution in [3.05, 3.63) is 28.7 Å². The first-order valence-electron chi connectivity index (χ1n) is 4.43. The molecule has 0 saturated carbocycles. The van der Waals surface area contributed by atoms with Gasteiger partial charge in [-0.2, -0.15) is 4.98 Å². The van der Waals surface area contributed by atoms with Crippen LogP contribution in [-0.2, 0) is 4.74 Å². The van der Waals surface area contributed by atoms with Gasteiger partial charge in [-0.25, -0.2) is 9.18 Å². The highest BCUT2D eigenvalue weighted by Gasteiger charge is 2.26. The van der Waals surface area contributed by atoms with E-state index in [2.05, 4.69) is 10.7 Å². The van der Waals surface area contributed by atoms with E-state index < -0.39 is 23.4 Å². The molecule has 0 spiro atoms. The fourth-order valence-corrected chi connectivity index (χ4v) is 1.91. The molecule has 8 heteroatoms. The molecule has 90 valence electrons. The zero-order valence-corrected chi connectivity index (χ0v) is 9.35. The number of halogens is 1. The molecule has 2 atom stereocenters. The number of thioether (sulfide) groups is 1. The number of aliphatic hydroxyl groups excluding tert-OH is 1. The van der Waals surface area contributed by atoms with E-state index in [0.29, 0.717) is 5.75 Å². The van der Waals surface area contributed by atoms with Gasteiger partial charge in [0.05, 0.1) is 6.20 Å². The van der Waals surface area contributed by atoms with Crippen LogP contribution in [0.2, 0.25) is 0 Å². The monoisotopic (exact) mass is 249 g/mol. The molecule has 2 rings (SSSR count). The number of ether oxygens (including phenoxy) is 1. The Bertz CT molecular complexity index is 400. The Morgan fingerprint density at radius 3 is 3.00 bits per heavy atom. The molecule has 1 aliphatic heterocycles. The first-order valence-corrected chi connectivity index (χ1v) is 5.48. The molecule has 1 fully saturated rings. The van der Waals surface area contributed by atoms with Crippen molar-refractivity contribution in [2.45, 2.75) is 11.8 Å². The first-order chi connectivity index (χ1) is 7.66. The van der Waals surface area contributed by atoms with Crippen LogP contribution in [-0.4, -0.2) is 33.1 Å². The Labute approximate surface area is 95.2 Å². The molecule has 2 unspecified atom stereocenters. The van der Waals surface area contributed by atoms with Crippen LogP contribution in [0.4, 0.5) is 4.39 Å². The smallest absolute Gasteiger partial charge is 0.349 e. The van der Waals surface area contributed by atoms with Crippen LogP contribution in [0.25, 0.3) is 0 Å². The maximum absolute atomic E-state index is 12.8. The standard InChI is InChI=1S/C7H7FN2O3S.CH5N/c8-4-1-9-6(11)10(2-4)5-3-14-7(12)13-5;1-2/h1-2,5,7,12H,3H2;2H2,1H3. The summed E-state index contributed by atoms with van der Waals surface area (Å²) in [5.74, 6) is -0.216. The van der Waals surface area contributed by atoms with Crippen LogP contribution < -0.4 is 11.4 Å². The zero-order chi connectivity index (χ0) is 12.1. The average Bonchev–Trinajstić information content (AvgIpc) is 2.71. The molecule has 1 aliphatic rings. The predicted octanol–water partition coefficient (Wildman–Crippen LogP) is -0.505. The molecule has 1 saturated heterocycles. The summed E-state index contributed by atoms with van der Waals surface area (Å²) in [6, 6.07) is 0. The summed E-state index contributed by atoms with van der Waals surface area (Å²) in [6.07, 6.45) is 1.21. The second-order valence-corrected chi connectivity index (χ2v) is 3.76. The van der Waals surface area contributed by atoms with Crippen molar-refractivity contribution in [3.63, 3.8) is 0 Å². The lowest BCUT2D eigenvalue weighted by Gasteiger charge is -2.11. The highest BCUT2D eigenvalue weighted by molar-refractivity contribution is 7.99. The largest absolute Gasteiger partial charge is 0.359 e. The van der Waals surface area contributed by atoms with E-state index in [1.807, 2.05) is 0 Å². The minimum atomic E-state index is -0.963. The van der Waals surface area contributed by atoms with Gasteiger partial charge in [-0.3, -0.25) is 4.57 Å². The third-order valence-corrected chi connectivity index (χ3v) is 2.62. The summed E-state index contributed by atoms with van der Waals surface area (Å²) < 4.78 is 18.7. The normalized spacial score (nSPS) is 23.8. The molecule has 3 N–H and O–H groups in total. The molecule has 1 aromatic heterocycles. The molecule has 0 aliphatic carbocycles. The van der Waals surface area contributed by atoms with E-state index in [1.54, 1.807) is 0 Å². The Hall–Kier alpha value is -0.960. The van der Waals surface area contributed by atoms with Crippen LogP contribution in [0.5, 0.6) is 0 Å². The van der Waals surface area contributed by atoms with Crippen LogP contribution in [0, 0.1) is 5.82 Å². The van der Waals surface area contributed by atoms with Gasteiger partial charge >= 0.3 is 5.69 Å². The topological polar surface area (TPSA) is 90.4 Å². The molecular formula is C8H12FN3O3S. The number of nitrogens with zero attached hydrogens (tertiary/aromatic N) is 2. The maximum Gasteiger partial charge on any atom is 0.349 e. The minimum absolute atomic E-state index is 0.395. The van der Waals surface area contributed by atoms with E-state index in [-0.39, 0.29) is 0 Å². The second kappa shape index (κ2) is 5.94. The summed E-state index contributed by atoms with van der Waals surface area (Å²) in [5.41, 5.74) is 2.95. The molecule has 16 heavy (non-hydrogen) atoms. The van der Waals surface area contributed by atoms with E-state index in [0.717, 1.165) is 28.7 Å². The fourth-order valence-electron chi connectivity index (χ4n) is 1.13. The minimum Gasteiger partial charge on any atom is -0.359 e. The van der Waals surface area contributed by atoms with Gasteiger partial charge < -0.3 is 15.6 Å². The number of hydrogen-bond acceptors (Lipinski definition) is 6. The zero-order valence-electron chi connectivity index (χ0n) is 8.54. The number of aromatic nitrogens is 2. The lowest BCUT2D eigenvalue weighted by molar-refractivity contribution is -0.0842. The van der Waals surface area contributed by atoms with Gasteiger partial charge in [0.25, 0.3) is 0 Å². The van der Waals surface area contributed by atoms with Crippen molar-refractivity contribution in [2.24, 2.45) is 5.73 Å². The van der Waals surface area contributed by atoms with Gasteiger partial charge in [0.1, 0.15) is 0 Å². The summed E-state index contributed by atoms with van der Waals surface area (Å²) >= 11 is 1.14. The van der Waals surface area contributed by atoms with E-state index >= 15 is 0 Å². The van der Waals surface area contributed by atoms with Gasteiger partial charge in [0.2, 0.25) is 5.62 Å². The van der Waals surface area contributed by atoms with Crippen molar-refractivity contribution >= 4 is 11.8 Å². The summed E-state index contributed by atoms with van der Waals surface area (Å²) in [7, 11) is 1.50. The lowest BCUT2D eigenvalue weighted by atomic mass is 10.5. The number of nitrogens with two attached hydrogens (primary N) is 1. The number of hydrogen-bond donors (Lipinski definition) is 2. The quantitative estimate of drug-likeness (QED) is 0.697. The van der Waals surface area contributed by atoms with E-state index in [1.165, 1.54) is 7.05 Å². The third kappa shape index (κ3) is 3.01. The van der Waals surface area contributed by atoms with Crippen LogP contribution in [0.1, 0.15) is 6.23 Å². The molecule has 1 aromatic rings. The SMILES string of the molecule is CN.O=c1ncc(F)cn1C1CSC(O)O1. The van der Waals surface area contributed by atoms with Crippen molar-refractivity contribution in [3.8, 4) is 0 Å². The molecule has 0 bridgehead atoms. The van der Waals surface area contributed by atoms with E-state index in [9.17, 15) is 9.18 Å². The highest BCUT2D eigenvalue weighted by Crippen LogP contribution is 2.28. The Balaban J connectivity index is 0.000000606. The summed E-state index contributed by atoms with van der Waals surface area (Å²) in [4.78, 5) is 14.5. The maximum atomic E-state index is 12.8. The Morgan fingerprint density at radius 2 is 2.44 bits per heavy atom. The van der Waals surface area contributed by atoms with Crippen LogP contribution in [0.3, 0.4) is 0 Å². The van der Waals surface area contributed by atoms with E-state index in [4.69, 9.17) is 9.84 Å². The first kappa shape index (κ1) is 13.1. The lowest BCUT2D eigenvalue weighted by Crippen LogP contribution is -2.28. The molecule has 0 radical (unpaired) electrons. The molecule has 6 nitrogen and oxygen atoms in total. The predicted molar refractivity (Wildman–Crippen MR) is 57.2 cm³/mol. The average molecular weight is 249 g/mol. The molecular weight excluding hydrogens is 237 g/mol. The molecule has 2 heterocycles. The Morgan fingerprint density at radius 1 is 1.75 bits per heavy atom. The van der Waals surface area contributed by atoms with Crippen molar-refractivity contribution in [1.29, 1.82) is 0 Å². The van der Waals surface area contributed by atoms with Crippen molar-refractivity contribution < 1.29 is 14.2 Å². The summed E-state index contributed by atoms with van der Waals surface area (Å²) in [5, 5.41) is 9.03. The number of aliphatic hydroxyl groups is 1. The fraction of sp³-hybridized carbons (Fsp3) is 0.500. The highest BCUT2D eigenvalue weighted by atomic mass is 32.2. The molecule has 0 aromatic carbocycles. The van der Waals surface area contributed by atoms with Crippen molar-refractivity contribution in [1.82, 2.24) is 9.55 Å². The Kier molecular flexibility index (Phi) is 4.87. The van der Waals surface area contributed by atoms with Crippen molar-refractivity contribution in [2.75, 3.05) is 12.8 Å². The van der Waals surface area contributed by atoms with Gasteiger partial charge in [-0.15, -0.1) is 0 Å². The molecule has 0 amide bonds. The van der Waals surface area contributed by atoms with Gasteiger partial charge in [-0.05, 0) is 7.05 Å². The van der Waals surface area contributed by atoms with Gasteiger partial charge in [0, 0.05) is 11.9 Å².